The highest BCUT2D eigenvalue weighted by molar-refractivity contribution is 5.75. The topological polar surface area (TPSA) is 47.6 Å². The first-order valence-electron chi connectivity index (χ1n) is 9.76. The van der Waals surface area contributed by atoms with Gasteiger partial charge in [-0.25, -0.2) is 0 Å². The molecule has 3 rings (SSSR count). The molecule has 4 heteroatoms. The van der Waals surface area contributed by atoms with E-state index in [1.165, 1.54) is 22.3 Å². The summed E-state index contributed by atoms with van der Waals surface area (Å²) in [6.45, 7) is 6.17. The molecule has 0 heterocycles. The van der Waals surface area contributed by atoms with Crippen molar-refractivity contribution < 1.29 is 14.3 Å². The van der Waals surface area contributed by atoms with Gasteiger partial charge in [-0.15, -0.1) is 0 Å². The second-order valence-corrected chi connectivity index (χ2v) is 7.06. The van der Waals surface area contributed by atoms with Crippen molar-refractivity contribution in [2.24, 2.45) is 0 Å². The molecule has 0 atom stereocenters. The van der Waals surface area contributed by atoms with Crippen LogP contribution in [-0.4, -0.2) is 26.5 Å². The standard InChI is InChI=1S/C25H27NO3/c1-18-13-24(28-12-11-26-3)14-19(2)25(18)22-6-4-5-21(15-22)17-29-23-9-7-20(16-27)8-10-23/h4-10,13-16,26H,11-12,17H2,1-3H3. The first-order chi connectivity index (χ1) is 14.1. The zero-order valence-electron chi connectivity index (χ0n) is 17.2. The Morgan fingerprint density at radius 3 is 2.28 bits per heavy atom. The average molecular weight is 389 g/mol. The van der Waals surface area contributed by atoms with Crippen LogP contribution in [0.5, 0.6) is 11.5 Å². The quantitative estimate of drug-likeness (QED) is 0.415. The first-order valence-corrected chi connectivity index (χ1v) is 9.76. The number of aldehydes is 1. The lowest BCUT2D eigenvalue weighted by molar-refractivity contribution is 0.112. The zero-order chi connectivity index (χ0) is 20.6. The minimum Gasteiger partial charge on any atom is -0.492 e. The molecule has 0 saturated carbocycles. The Labute approximate surface area is 172 Å². The summed E-state index contributed by atoms with van der Waals surface area (Å²) in [5, 5.41) is 3.09. The molecule has 0 saturated heterocycles. The number of nitrogens with one attached hydrogen (secondary N) is 1. The molecule has 1 N–H and O–H groups in total. The molecule has 0 unspecified atom stereocenters. The maximum absolute atomic E-state index is 10.8. The third kappa shape index (κ3) is 5.46. The van der Waals surface area contributed by atoms with Gasteiger partial charge in [-0.3, -0.25) is 4.79 Å². The number of hydrogen-bond acceptors (Lipinski definition) is 4. The van der Waals surface area contributed by atoms with E-state index in [0.29, 0.717) is 18.8 Å². The number of ether oxygens (including phenoxy) is 2. The van der Waals surface area contributed by atoms with Gasteiger partial charge in [0.2, 0.25) is 0 Å². The number of rotatable bonds is 9. The second-order valence-electron chi connectivity index (χ2n) is 7.06. The maximum Gasteiger partial charge on any atom is 0.150 e. The summed E-state index contributed by atoms with van der Waals surface area (Å²) < 4.78 is 11.7. The van der Waals surface area contributed by atoms with Crippen molar-refractivity contribution in [1.29, 1.82) is 0 Å². The predicted octanol–water partition coefficient (Wildman–Crippen LogP) is 4.96. The minimum absolute atomic E-state index is 0.470. The van der Waals surface area contributed by atoms with E-state index in [1.807, 2.05) is 19.2 Å². The van der Waals surface area contributed by atoms with Gasteiger partial charge >= 0.3 is 0 Å². The lowest BCUT2D eigenvalue weighted by atomic mass is 9.94. The summed E-state index contributed by atoms with van der Waals surface area (Å²) in [5.41, 5.74) is 6.50. The molecule has 3 aromatic rings. The van der Waals surface area contributed by atoms with Crippen molar-refractivity contribution in [3.63, 3.8) is 0 Å². The van der Waals surface area contributed by atoms with Crippen LogP contribution in [0.2, 0.25) is 0 Å². The minimum atomic E-state index is 0.470. The fourth-order valence-electron chi connectivity index (χ4n) is 3.36. The van der Waals surface area contributed by atoms with Crippen molar-refractivity contribution in [2.45, 2.75) is 20.5 Å². The van der Waals surface area contributed by atoms with Gasteiger partial charge < -0.3 is 14.8 Å². The number of hydrogen-bond donors (Lipinski definition) is 1. The highest BCUT2D eigenvalue weighted by Gasteiger charge is 2.09. The van der Waals surface area contributed by atoms with Gasteiger partial charge in [-0.1, -0.05) is 18.2 Å². The Balaban J connectivity index is 1.75. The summed E-state index contributed by atoms with van der Waals surface area (Å²) >= 11 is 0. The molecule has 0 aliphatic carbocycles. The number of aryl methyl sites for hydroxylation is 2. The monoisotopic (exact) mass is 389 g/mol. The van der Waals surface area contributed by atoms with Crippen LogP contribution in [0.15, 0.2) is 60.7 Å². The van der Waals surface area contributed by atoms with Crippen LogP contribution in [0.4, 0.5) is 0 Å². The van der Waals surface area contributed by atoms with E-state index in [4.69, 9.17) is 9.47 Å². The van der Waals surface area contributed by atoms with E-state index < -0.39 is 0 Å². The fraction of sp³-hybridized carbons (Fsp3) is 0.240. The normalized spacial score (nSPS) is 10.6. The molecule has 4 nitrogen and oxygen atoms in total. The Hall–Kier alpha value is -3.11. The third-order valence-electron chi connectivity index (χ3n) is 4.76. The highest BCUT2D eigenvalue weighted by Crippen LogP contribution is 2.31. The van der Waals surface area contributed by atoms with Crippen LogP contribution in [-0.2, 0) is 6.61 Å². The van der Waals surface area contributed by atoms with Crippen LogP contribution in [0.1, 0.15) is 27.0 Å². The van der Waals surface area contributed by atoms with Crippen LogP contribution < -0.4 is 14.8 Å². The molecular formula is C25H27NO3. The summed E-state index contributed by atoms with van der Waals surface area (Å²) in [6, 6.07) is 19.7. The SMILES string of the molecule is CNCCOc1cc(C)c(-c2cccc(COc3ccc(C=O)cc3)c2)c(C)c1. The predicted molar refractivity (Wildman–Crippen MR) is 117 cm³/mol. The molecule has 0 fully saturated rings. The molecule has 150 valence electrons. The van der Waals surface area contributed by atoms with Crippen molar-refractivity contribution in [3.8, 4) is 22.6 Å². The molecule has 0 aromatic heterocycles. The van der Waals surface area contributed by atoms with Gasteiger partial charge in [-0.2, -0.15) is 0 Å². The van der Waals surface area contributed by atoms with E-state index in [1.54, 1.807) is 12.1 Å². The third-order valence-corrected chi connectivity index (χ3v) is 4.76. The molecule has 0 aliphatic heterocycles. The van der Waals surface area contributed by atoms with E-state index in [0.717, 1.165) is 29.9 Å². The molecule has 0 radical (unpaired) electrons. The van der Waals surface area contributed by atoms with E-state index in [9.17, 15) is 4.79 Å². The fourth-order valence-corrected chi connectivity index (χ4v) is 3.36. The van der Waals surface area contributed by atoms with Gasteiger partial charge in [0.15, 0.2) is 0 Å². The Morgan fingerprint density at radius 2 is 1.62 bits per heavy atom. The van der Waals surface area contributed by atoms with E-state index >= 15 is 0 Å². The molecule has 0 amide bonds. The van der Waals surface area contributed by atoms with E-state index in [2.05, 4.69) is 55.6 Å². The number of carbonyl (C=O) groups is 1. The number of benzene rings is 3. The second kappa shape index (κ2) is 9.89. The van der Waals surface area contributed by atoms with Crippen molar-refractivity contribution in [2.75, 3.05) is 20.2 Å². The number of carbonyl (C=O) groups excluding carboxylic acids is 1. The summed E-state index contributed by atoms with van der Waals surface area (Å²) in [4.78, 5) is 10.8. The van der Waals surface area contributed by atoms with Gasteiger partial charge in [-0.05, 0) is 91.2 Å². The molecule has 0 aliphatic rings. The summed E-state index contributed by atoms with van der Waals surface area (Å²) in [6.07, 6.45) is 0.828. The van der Waals surface area contributed by atoms with E-state index in [-0.39, 0.29) is 0 Å². The average Bonchev–Trinajstić information content (AvgIpc) is 2.73. The van der Waals surface area contributed by atoms with Gasteiger partial charge in [0, 0.05) is 12.1 Å². The first kappa shape index (κ1) is 20.6. The Bertz CT molecular complexity index is 941. The maximum atomic E-state index is 10.8. The van der Waals surface area contributed by atoms with Crippen molar-refractivity contribution in [3.05, 3.63) is 82.9 Å². The van der Waals surface area contributed by atoms with Crippen LogP contribution >= 0.6 is 0 Å². The summed E-state index contributed by atoms with van der Waals surface area (Å²) in [5.74, 6) is 1.65. The largest absolute Gasteiger partial charge is 0.492 e. The van der Waals surface area contributed by atoms with Gasteiger partial charge in [0.1, 0.15) is 31.0 Å². The smallest absolute Gasteiger partial charge is 0.150 e. The molecule has 29 heavy (non-hydrogen) atoms. The van der Waals surface area contributed by atoms with Crippen LogP contribution in [0.25, 0.3) is 11.1 Å². The lowest BCUT2D eigenvalue weighted by Gasteiger charge is -2.15. The summed E-state index contributed by atoms with van der Waals surface area (Å²) in [7, 11) is 1.92. The van der Waals surface area contributed by atoms with Gasteiger partial charge in [0.05, 0.1) is 0 Å². The van der Waals surface area contributed by atoms with Crippen LogP contribution in [0, 0.1) is 13.8 Å². The molecule has 0 bridgehead atoms. The molecule has 0 spiro atoms. The van der Waals surface area contributed by atoms with Crippen molar-refractivity contribution >= 4 is 6.29 Å². The molecular weight excluding hydrogens is 362 g/mol. The van der Waals surface area contributed by atoms with Crippen molar-refractivity contribution in [1.82, 2.24) is 5.32 Å². The van der Waals surface area contributed by atoms with Gasteiger partial charge in [0.25, 0.3) is 0 Å². The van der Waals surface area contributed by atoms with Crippen LogP contribution in [0.3, 0.4) is 0 Å². The highest BCUT2D eigenvalue weighted by atomic mass is 16.5. The lowest BCUT2D eigenvalue weighted by Crippen LogP contribution is -2.16. The Morgan fingerprint density at radius 1 is 0.897 bits per heavy atom. The Kier molecular flexibility index (Phi) is 7.04. The number of likely N-dealkylation sites (N-methyl/N-ethyl adjacent to an activating group) is 1. The molecule has 3 aromatic carbocycles. The zero-order valence-corrected chi connectivity index (χ0v) is 17.2.